The van der Waals surface area contributed by atoms with E-state index < -0.39 is 6.04 Å². The topological polar surface area (TPSA) is 58.2 Å². The minimum atomic E-state index is -0.451. The molecule has 1 aliphatic rings. The summed E-state index contributed by atoms with van der Waals surface area (Å²) in [5.41, 5.74) is 1.92. The third-order valence-electron chi connectivity index (χ3n) is 2.47. The number of halogens is 1. The summed E-state index contributed by atoms with van der Waals surface area (Å²) in [6.45, 7) is 1.97. The van der Waals surface area contributed by atoms with Gasteiger partial charge >= 0.3 is 0 Å². The summed E-state index contributed by atoms with van der Waals surface area (Å²) < 4.78 is 1.02. The van der Waals surface area contributed by atoms with Crippen molar-refractivity contribution in [3.63, 3.8) is 0 Å². The first-order valence-electron chi connectivity index (χ1n) is 4.92. The summed E-state index contributed by atoms with van der Waals surface area (Å²) in [6.07, 6.45) is 0.202. The van der Waals surface area contributed by atoms with E-state index in [1.165, 1.54) is 0 Å². The number of carbonyl (C=O) groups excluding carboxylic acids is 2. The quantitative estimate of drug-likeness (QED) is 0.810. The summed E-state index contributed by atoms with van der Waals surface area (Å²) in [5, 5.41) is 5.30. The SMILES string of the molecule is Cc1cc(NC2CC(=O)NC2=O)ccc1Br. The molecule has 2 rings (SSSR count). The molecule has 0 aliphatic carbocycles. The maximum atomic E-state index is 11.3. The molecule has 0 spiro atoms. The summed E-state index contributed by atoms with van der Waals surface area (Å²) in [5.74, 6) is -0.484. The monoisotopic (exact) mass is 282 g/mol. The van der Waals surface area contributed by atoms with E-state index in [1.807, 2.05) is 25.1 Å². The number of aryl methyl sites for hydroxylation is 1. The number of rotatable bonds is 2. The van der Waals surface area contributed by atoms with Crippen molar-refractivity contribution in [2.24, 2.45) is 0 Å². The summed E-state index contributed by atoms with van der Waals surface area (Å²) >= 11 is 3.40. The minimum absolute atomic E-state index is 0.202. The maximum absolute atomic E-state index is 11.3. The molecular weight excluding hydrogens is 272 g/mol. The number of benzene rings is 1. The van der Waals surface area contributed by atoms with Crippen molar-refractivity contribution in [1.29, 1.82) is 0 Å². The molecule has 1 unspecified atom stereocenters. The van der Waals surface area contributed by atoms with E-state index in [4.69, 9.17) is 0 Å². The molecular formula is C11H11BrN2O2. The van der Waals surface area contributed by atoms with Gasteiger partial charge in [0.25, 0.3) is 0 Å². The van der Waals surface area contributed by atoms with Gasteiger partial charge in [0.15, 0.2) is 0 Å². The van der Waals surface area contributed by atoms with Gasteiger partial charge in [0, 0.05) is 10.2 Å². The highest BCUT2D eigenvalue weighted by atomic mass is 79.9. The Bertz CT molecular complexity index is 459. The van der Waals surface area contributed by atoms with E-state index in [0.29, 0.717) is 0 Å². The van der Waals surface area contributed by atoms with Crippen LogP contribution in [0.4, 0.5) is 5.69 Å². The molecule has 1 saturated heterocycles. The van der Waals surface area contributed by atoms with Crippen LogP contribution in [0.25, 0.3) is 0 Å². The van der Waals surface area contributed by atoms with Gasteiger partial charge in [-0.3, -0.25) is 14.9 Å². The third-order valence-corrected chi connectivity index (χ3v) is 3.36. The Hall–Kier alpha value is -1.36. The number of hydrogen-bond acceptors (Lipinski definition) is 3. The molecule has 1 atom stereocenters. The molecule has 1 aliphatic heterocycles. The number of carbonyl (C=O) groups is 2. The number of anilines is 1. The fourth-order valence-electron chi connectivity index (χ4n) is 1.61. The van der Waals surface area contributed by atoms with Crippen LogP contribution in [0.3, 0.4) is 0 Å². The van der Waals surface area contributed by atoms with Gasteiger partial charge < -0.3 is 5.32 Å². The predicted molar refractivity (Wildman–Crippen MR) is 64.1 cm³/mol. The Morgan fingerprint density at radius 2 is 2.19 bits per heavy atom. The average Bonchev–Trinajstić information content (AvgIpc) is 2.51. The highest BCUT2D eigenvalue weighted by molar-refractivity contribution is 9.10. The van der Waals surface area contributed by atoms with Crippen molar-refractivity contribution in [2.75, 3.05) is 5.32 Å². The standard InChI is InChI=1S/C11H11BrN2O2/c1-6-4-7(2-3-8(6)12)13-9-5-10(15)14-11(9)16/h2-4,9,13H,5H2,1H3,(H,14,15,16). The third kappa shape index (κ3) is 2.24. The van der Waals surface area contributed by atoms with Gasteiger partial charge in [-0.25, -0.2) is 0 Å². The number of hydrogen-bond donors (Lipinski definition) is 2. The smallest absolute Gasteiger partial charge is 0.249 e. The first-order valence-corrected chi connectivity index (χ1v) is 5.72. The zero-order valence-electron chi connectivity index (χ0n) is 8.71. The van der Waals surface area contributed by atoms with Crippen molar-refractivity contribution in [3.05, 3.63) is 28.2 Å². The largest absolute Gasteiger partial charge is 0.373 e. The van der Waals surface area contributed by atoms with Gasteiger partial charge in [-0.15, -0.1) is 0 Å². The fourth-order valence-corrected chi connectivity index (χ4v) is 1.85. The number of amides is 2. The van der Waals surface area contributed by atoms with Crippen molar-refractivity contribution >= 4 is 33.4 Å². The zero-order chi connectivity index (χ0) is 11.7. The molecule has 1 heterocycles. The van der Waals surface area contributed by atoms with Crippen LogP contribution in [0, 0.1) is 6.92 Å². The van der Waals surface area contributed by atoms with Gasteiger partial charge in [0.2, 0.25) is 11.8 Å². The summed E-state index contributed by atoms with van der Waals surface area (Å²) in [6, 6.07) is 5.26. The summed E-state index contributed by atoms with van der Waals surface area (Å²) in [4.78, 5) is 22.3. The molecule has 0 saturated carbocycles. The predicted octanol–water partition coefficient (Wildman–Crippen LogP) is 1.58. The Labute approximate surface area is 102 Å². The molecule has 1 aromatic rings. The van der Waals surface area contributed by atoms with Crippen molar-refractivity contribution in [2.45, 2.75) is 19.4 Å². The molecule has 0 bridgehead atoms. The molecule has 0 radical (unpaired) electrons. The molecule has 5 heteroatoms. The lowest BCUT2D eigenvalue weighted by molar-refractivity contribution is -0.124. The number of nitrogens with one attached hydrogen (secondary N) is 2. The van der Waals surface area contributed by atoms with Gasteiger partial charge in [-0.2, -0.15) is 0 Å². The molecule has 0 aromatic heterocycles. The molecule has 84 valence electrons. The van der Waals surface area contributed by atoms with Crippen LogP contribution in [0.5, 0.6) is 0 Å². The molecule has 1 fully saturated rings. The van der Waals surface area contributed by atoms with Crippen LogP contribution in [-0.2, 0) is 9.59 Å². The van der Waals surface area contributed by atoms with E-state index >= 15 is 0 Å². The lowest BCUT2D eigenvalue weighted by Crippen LogP contribution is -2.30. The highest BCUT2D eigenvalue weighted by Gasteiger charge is 2.30. The zero-order valence-corrected chi connectivity index (χ0v) is 10.3. The van der Waals surface area contributed by atoms with E-state index in [-0.39, 0.29) is 18.2 Å². The van der Waals surface area contributed by atoms with E-state index in [1.54, 1.807) is 0 Å². The van der Waals surface area contributed by atoms with Crippen LogP contribution in [-0.4, -0.2) is 17.9 Å². The van der Waals surface area contributed by atoms with E-state index in [2.05, 4.69) is 26.6 Å². The van der Waals surface area contributed by atoms with Gasteiger partial charge in [-0.1, -0.05) is 15.9 Å². The second-order valence-electron chi connectivity index (χ2n) is 3.78. The Balaban J connectivity index is 2.12. The minimum Gasteiger partial charge on any atom is -0.373 e. The lowest BCUT2D eigenvalue weighted by Gasteiger charge is -2.11. The molecule has 4 nitrogen and oxygen atoms in total. The molecule has 2 amide bonds. The lowest BCUT2D eigenvalue weighted by atomic mass is 10.2. The Morgan fingerprint density at radius 1 is 1.44 bits per heavy atom. The van der Waals surface area contributed by atoms with Crippen LogP contribution in [0.2, 0.25) is 0 Å². The highest BCUT2D eigenvalue weighted by Crippen LogP contribution is 2.21. The number of imide groups is 1. The van der Waals surface area contributed by atoms with Crippen LogP contribution in [0.1, 0.15) is 12.0 Å². The van der Waals surface area contributed by atoms with Crippen molar-refractivity contribution < 1.29 is 9.59 Å². The van der Waals surface area contributed by atoms with Crippen LogP contribution < -0.4 is 10.6 Å². The second kappa shape index (κ2) is 4.25. The summed E-state index contributed by atoms with van der Waals surface area (Å²) in [7, 11) is 0. The maximum Gasteiger partial charge on any atom is 0.249 e. The Kier molecular flexibility index (Phi) is 2.96. The molecule has 2 N–H and O–H groups in total. The van der Waals surface area contributed by atoms with Crippen LogP contribution in [0.15, 0.2) is 22.7 Å². The van der Waals surface area contributed by atoms with E-state index in [0.717, 1.165) is 15.7 Å². The first kappa shape index (κ1) is 11.1. The van der Waals surface area contributed by atoms with Crippen molar-refractivity contribution in [1.82, 2.24) is 5.32 Å². The first-order chi connectivity index (χ1) is 7.56. The normalized spacial score (nSPS) is 19.8. The average molecular weight is 283 g/mol. The van der Waals surface area contributed by atoms with Gasteiger partial charge in [0.05, 0.1) is 6.42 Å². The molecule has 1 aromatic carbocycles. The molecule has 16 heavy (non-hydrogen) atoms. The van der Waals surface area contributed by atoms with Crippen molar-refractivity contribution in [3.8, 4) is 0 Å². The van der Waals surface area contributed by atoms with E-state index in [9.17, 15) is 9.59 Å². The van der Waals surface area contributed by atoms with Gasteiger partial charge in [-0.05, 0) is 30.7 Å². The van der Waals surface area contributed by atoms with Crippen LogP contribution >= 0.6 is 15.9 Å². The fraction of sp³-hybridized carbons (Fsp3) is 0.273. The Morgan fingerprint density at radius 3 is 2.75 bits per heavy atom. The second-order valence-corrected chi connectivity index (χ2v) is 4.63. The van der Waals surface area contributed by atoms with Gasteiger partial charge in [0.1, 0.15) is 6.04 Å².